The predicted molar refractivity (Wildman–Crippen MR) is 86.1 cm³/mol. The molecule has 1 aromatic heterocycles. The lowest BCUT2D eigenvalue weighted by atomic mass is 10.2. The van der Waals surface area contributed by atoms with Gasteiger partial charge in [0.05, 0.1) is 5.39 Å². The Morgan fingerprint density at radius 1 is 1.20 bits per heavy atom. The summed E-state index contributed by atoms with van der Waals surface area (Å²) in [4.78, 5) is 23.5. The summed E-state index contributed by atoms with van der Waals surface area (Å²) in [5.41, 5.74) is -0.342. The summed E-state index contributed by atoms with van der Waals surface area (Å²) >= 11 is 0. The van der Waals surface area contributed by atoms with E-state index in [1.54, 1.807) is 12.1 Å². The van der Waals surface area contributed by atoms with E-state index in [0.29, 0.717) is 0 Å². The van der Waals surface area contributed by atoms with Gasteiger partial charge in [-0.2, -0.15) is 5.23 Å². The average Bonchev–Trinajstić information content (AvgIpc) is 2.57. The quantitative estimate of drug-likeness (QED) is 0.422. The first-order chi connectivity index (χ1) is 12.0. The number of rotatable bonds is 4. The standard InChI is InChI=1S/C17H13NO7/c1-10(19)24-11-6-7-12-15(8-11)23-9-16(17(12)20)25-14-5-3-2-4-13(14)18(21)22/h2-9,18,21H,1H3. The first-order valence-corrected chi connectivity index (χ1v) is 7.20. The second-order valence-corrected chi connectivity index (χ2v) is 5.08. The molecule has 0 aliphatic heterocycles. The minimum atomic E-state index is -1.17. The van der Waals surface area contributed by atoms with Crippen LogP contribution in [0.4, 0.5) is 5.69 Å². The summed E-state index contributed by atoms with van der Waals surface area (Å²) < 4.78 is 15.7. The number of quaternary nitrogens is 1. The third kappa shape index (κ3) is 3.50. The number of hydrogen-bond acceptors (Lipinski definition) is 7. The third-order valence-electron chi connectivity index (χ3n) is 3.31. The van der Waals surface area contributed by atoms with E-state index in [0.717, 1.165) is 6.26 Å². The van der Waals surface area contributed by atoms with E-state index in [2.05, 4.69) is 0 Å². The van der Waals surface area contributed by atoms with Gasteiger partial charge in [-0.3, -0.25) is 9.59 Å². The number of esters is 1. The Labute approximate surface area is 141 Å². The highest BCUT2D eigenvalue weighted by Gasteiger charge is 2.15. The Morgan fingerprint density at radius 2 is 1.96 bits per heavy atom. The number of nitrogens with one attached hydrogen (secondary N) is 1. The van der Waals surface area contributed by atoms with Gasteiger partial charge in [0, 0.05) is 19.1 Å². The molecule has 0 aliphatic carbocycles. The molecule has 1 unspecified atom stereocenters. The van der Waals surface area contributed by atoms with Crippen LogP contribution in [0.2, 0.25) is 0 Å². The van der Waals surface area contributed by atoms with Gasteiger partial charge in [0.2, 0.25) is 16.9 Å². The minimum absolute atomic E-state index is 0.0261. The van der Waals surface area contributed by atoms with Gasteiger partial charge >= 0.3 is 5.97 Å². The Bertz CT molecular complexity index is 994. The van der Waals surface area contributed by atoms with E-state index in [-0.39, 0.29) is 33.9 Å². The molecular formula is C17H13NO7. The van der Waals surface area contributed by atoms with Crippen LogP contribution in [-0.4, -0.2) is 11.2 Å². The summed E-state index contributed by atoms with van der Waals surface area (Å²) in [6.45, 7) is 1.26. The normalized spacial score (nSPS) is 12.0. The zero-order valence-electron chi connectivity index (χ0n) is 13.0. The summed E-state index contributed by atoms with van der Waals surface area (Å²) in [5.74, 6) is -0.375. The number of carbonyl (C=O) groups excluding carboxylic acids is 1. The fourth-order valence-corrected chi connectivity index (χ4v) is 2.24. The smallest absolute Gasteiger partial charge is 0.308 e. The van der Waals surface area contributed by atoms with Crippen molar-refractivity contribution in [3.05, 3.63) is 64.2 Å². The van der Waals surface area contributed by atoms with Crippen molar-refractivity contribution in [1.82, 2.24) is 0 Å². The largest absolute Gasteiger partial charge is 0.595 e. The maximum Gasteiger partial charge on any atom is 0.308 e. The van der Waals surface area contributed by atoms with Gasteiger partial charge in [0.25, 0.3) is 0 Å². The van der Waals surface area contributed by atoms with Crippen LogP contribution in [0.5, 0.6) is 17.2 Å². The molecule has 0 saturated carbocycles. The number of fused-ring (bicyclic) bond motifs is 1. The Balaban J connectivity index is 2.00. The first-order valence-electron chi connectivity index (χ1n) is 7.20. The molecule has 0 radical (unpaired) electrons. The molecule has 8 nitrogen and oxygen atoms in total. The number of carbonyl (C=O) groups is 1. The minimum Gasteiger partial charge on any atom is -0.595 e. The average molecular weight is 343 g/mol. The molecule has 3 rings (SSSR count). The highest BCUT2D eigenvalue weighted by Crippen LogP contribution is 2.27. The molecule has 8 heteroatoms. The van der Waals surface area contributed by atoms with E-state index in [1.807, 2.05) is 0 Å². The van der Waals surface area contributed by atoms with Crippen molar-refractivity contribution in [3.8, 4) is 17.2 Å². The zero-order valence-corrected chi connectivity index (χ0v) is 13.0. The SMILES string of the molecule is CC(=O)Oc1ccc2c(=O)c(Oc3ccccc3[NH+]([O-])O)coc2c1. The van der Waals surface area contributed by atoms with Crippen LogP contribution >= 0.6 is 0 Å². The lowest BCUT2D eigenvalue weighted by Gasteiger charge is -2.15. The predicted octanol–water partition coefficient (Wildman–Crippen LogP) is 1.91. The molecule has 128 valence electrons. The van der Waals surface area contributed by atoms with Crippen molar-refractivity contribution in [3.63, 3.8) is 0 Å². The molecule has 25 heavy (non-hydrogen) atoms. The van der Waals surface area contributed by atoms with Crippen LogP contribution < -0.4 is 20.1 Å². The van der Waals surface area contributed by atoms with Crippen LogP contribution in [0.25, 0.3) is 11.0 Å². The highest BCUT2D eigenvalue weighted by molar-refractivity contribution is 5.80. The van der Waals surface area contributed by atoms with Gasteiger partial charge in [-0.1, -0.05) is 12.1 Å². The fourth-order valence-electron chi connectivity index (χ4n) is 2.24. The summed E-state index contributed by atoms with van der Waals surface area (Å²) in [6.07, 6.45) is 1.08. The molecule has 2 aromatic carbocycles. The van der Waals surface area contributed by atoms with Gasteiger partial charge in [-0.15, -0.1) is 0 Å². The monoisotopic (exact) mass is 343 g/mol. The molecule has 0 bridgehead atoms. The molecule has 0 aliphatic rings. The molecule has 0 saturated heterocycles. The van der Waals surface area contributed by atoms with Gasteiger partial charge in [0.15, 0.2) is 5.75 Å². The molecule has 0 fully saturated rings. The van der Waals surface area contributed by atoms with Crippen molar-refractivity contribution >= 4 is 22.6 Å². The molecule has 0 amide bonds. The molecule has 1 atom stereocenters. The zero-order chi connectivity index (χ0) is 18.0. The van der Waals surface area contributed by atoms with E-state index in [1.165, 1.54) is 37.3 Å². The lowest BCUT2D eigenvalue weighted by Crippen LogP contribution is -2.99. The number of ether oxygens (including phenoxy) is 2. The van der Waals surface area contributed by atoms with Gasteiger partial charge in [-0.05, 0) is 18.2 Å². The van der Waals surface area contributed by atoms with Gasteiger partial charge < -0.3 is 19.1 Å². The fraction of sp³-hybridized carbons (Fsp3) is 0.0588. The Hall–Kier alpha value is -3.20. The highest BCUT2D eigenvalue weighted by atomic mass is 16.8. The van der Waals surface area contributed by atoms with Gasteiger partial charge in [-0.25, -0.2) is 5.21 Å². The molecule has 0 spiro atoms. The van der Waals surface area contributed by atoms with Crippen molar-refractivity contribution in [2.24, 2.45) is 0 Å². The first kappa shape index (κ1) is 16.7. The lowest BCUT2D eigenvalue weighted by molar-refractivity contribution is -0.991. The van der Waals surface area contributed by atoms with Crippen LogP contribution in [0, 0.1) is 5.21 Å². The second kappa shape index (κ2) is 6.73. The molecular weight excluding hydrogens is 330 g/mol. The van der Waals surface area contributed by atoms with Crippen LogP contribution in [0.3, 0.4) is 0 Å². The van der Waals surface area contributed by atoms with E-state index >= 15 is 0 Å². The maximum atomic E-state index is 12.5. The number of para-hydroxylation sites is 2. The molecule has 3 aromatic rings. The Kier molecular flexibility index (Phi) is 4.48. The van der Waals surface area contributed by atoms with E-state index < -0.39 is 16.6 Å². The summed E-state index contributed by atoms with van der Waals surface area (Å²) in [7, 11) is 0. The van der Waals surface area contributed by atoms with Crippen molar-refractivity contribution < 1.29 is 29.1 Å². The van der Waals surface area contributed by atoms with Crippen LogP contribution in [0.15, 0.2) is 57.9 Å². The van der Waals surface area contributed by atoms with E-state index in [4.69, 9.17) is 19.1 Å². The van der Waals surface area contributed by atoms with Gasteiger partial charge in [0.1, 0.15) is 17.6 Å². The summed E-state index contributed by atoms with van der Waals surface area (Å²) in [6, 6.07) is 10.3. The molecule has 1 heterocycles. The number of hydrogen-bond donors (Lipinski definition) is 2. The maximum absolute atomic E-state index is 12.5. The number of benzene rings is 2. The Morgan fingerprint density at radius 3 is 2.68 bits per heavy atom. The van der Waals surface area contributed by atoms with Crippen LogP contribution in [-0.2, 0) is 4.79 Å². The summed E-state index contributed by atoms with van der Waals surface area (Å²) in [5, 5.41) is 19.4. The van der Waals surface area contributed by atoms with Crippen LogP contribution in [0.1, 0.15) is 6.92 Å². The van der Waals surface area contributed by atoms with E-state index in [9.17, 15) is 14.8 Å². The topological polar surface area (TPSA) is 113 Å². The van der Waals surface area contributed by atoms with Crippen molar-refractivity contribution in [2.75, 3.05) is 0 Å². The van der Waals surface area contributed by atoms with Crippen molar-refractivity contribution in [1.29, 1.82) is 0 Å². The van der Waals surface area contributed by atoms with Crippen molar-refractivity contribution in [2.45, 2.75) is 6.92 Å². The third-order valence-corrected chi connectivity index (χ3v) is 3.31. The second-order valence-electron chi connectivity index (χ2n) is 5.08. The molecule has 2 N–H and O–H groups in total.